The van der Waals surface area contributed by atoms with Gasteiger partial charge in [0.1, 0.15) is 0 Å². The number of nitro groups is 1. The fourth-order valence-corrected chi connectivity index (χ4v) is 4.31. The summed E-state index contributed by atoms with van der Waals surface area (Å²) in [4.78, 5) is 10.3. The van der Waals surface area contributed by atoms with Gasteiger partial charge in [-0.15, -0.1) is 0 Å². The van der Waals surface area contributed by atoms with Gasteiger partial charge in [-0.2, -0.15) is 4.31 Å². The normalized spacial score (nSPS) is 12.3. The second kappa shape index (κ2) is 6.70. The summed E-state index contributed by atoms with van der Waals surface area (Å²) in [5, 5.41) is 11.2. The molecule has 0 aliphatic heterocycles. The number of nitro benzene ring substituents is 1. The Bertz CT molecular complexity index is 827. The van der Waals surface area contributed by atoms with Crippen molar-refractivity contribution in [3.63, 3.8) is 0 Å². The molecular weight excluding hydrogens is 328 g/mol. The molecule has 0 saturated carbocycles. The molecule has 2 rings (SSSR count). The monoisotopic (exact) mass is 348 g/mol. The minimum absolute atomic E-state index is 0.138. The molecule has 6 nitrogen and oxygen atoms in total. The summed E-state index contributed by atoms with van der Waals surface area (Å²) in [6.45, 7) is 5.44. The van der Waals surface area contributed by atoms with Crippen LogP contribution in [0.2, 0.25) is 0 Å². The van der Waals surface area contributed by atoms with Gasteiger partial charge in [0.15, 0.2) is 4.90 Å². The van der Waals surface area contributed by atoms with Crippen molar-refractivity contribution in [2.45, 2.75) is 37.8 Å². The van der Waals surface area contributed by atoms with Crippen molar-refractivity contribution in [1.82, 2.24) is 4.31 Å². The maximum absolute atomic E-state index is 13.1. The molecule has 7 heteroatoms. The largest absolute Gasteiger partial charge is 0.289 e. The van der Waals surface area contributed by atoms with Gasteiger partial charge in [-0.05, 0) is 32.4 Å². The second-order valence-electron chi connectivity index (χ2n) is 6.39. The molecule has 0 spiro atoms. The highest BCUT2D eigenvalue weighted by Gasteiger charge is 2.37. The lowest BCUT2D eigenvalue weighted by Gasteiger charge is -2.34. The minimum atomic E-state index is -4.04. The van der Waals surface area contributed by atoms with E-state index in [9.17, 15) is 18.5 Å². The first-order valence-electron chi connectivity index (χ1n) is 7.44. The molecule has 128 valence electrons. The van der Waals surface area contributed by atoms with E-state index in [1.54, 1.807) is 20.8 Å². The Morgan fingerprint density at radius 3 is 2.08 bits per heavy atom. The van der Waals surface area contributed by atoms with Crippen molar-refractivity contribution in [1.29, 1.82) is 0 Å². The minimum Gasteiger partial charge on any atom is -0.258 e. The first kappa shape index (κ1) is 18.1. The highest BCUT2D eigenvalue weighted by atomic mass is 32.2. The summed E-state index contributed by atoms with van der Waals surface area (Å²) < 4.78 is 27.5. The van der Waals surface area contributed by atoms with Gasteiger partial charge in [0.2, 0.25) is 0 Å². The molecule has 0 N–H and O–H groups in total. The van der Waals surface area contributed by atoms with Gasteiger partial charge < -0.3 is 0 Å². The van der Waals surface area contributed by atoms with Crippen molar-refractivity contribution in [3.8, 4) is 0 Å². The Morgan fingerprint density at radius 1 is 1.00 bits per heavy atom. The van der Waals surface area contributed by atoms with Crippen molar-refractivity contribution >= 4 is 15.7 Å². The summed E-state index contributed by atoms with van der Waals surface area (Å²) in [6, 6.07) is 14.6. The summed E-state index contributed by atoms with van der Waals surface area (Å²) in [6.07, 6.45) is 0. The average molecular weight is 348 g/mol. The van der Waals surface area contributed by atoms with Crippen LogP contribution in [0.3, 0.4) is 0 Å². The van der Waals surface area contributed by atoms with Crippen LogP contribution in [-0.2, 0) is 16.6 Å². The average Bonchev–Trinajstić information content (AvgIpc) is 2.52. The SMILES string of the molecule is CC(C)(C)N(Cc1ccccc1)S(=O)(=O)c1ccccc1[N+](=O)[O-]. The van der Waals surface area contributed by atoms with Crippen molar-refractivity contribution < 1.29 is 13.3 Å². The molecule has 0 aliphatic rings. The van der Waals surface area contributed by atoms with Gasteiger partial charge in [0.25, 0.3) is 15.7 Å². The lowest BCUT2D eigenvalue weighted by molar-refractivity contribution is -0.387. The van der Waals surface area contributed by atoms with Crippen LogP contribution >= 0.6 is 0 Å². The maximum atomic E-state index is 13.1. The standard InChI is InChI=1S/C17H20N2O4S/c1-17(2,3)18(13-14-9-5-4-6-10-14)24(22,23)16-12-8-7-11-15(16)19(20)21/h4-12H,13H2,1-3H3. The van der Waals surface area contributed by atoms with Crippen LogP contribution in [0, 0.1) is 10.1 Å². The van der Waals surface area contributed by atoms with Gasteiger partial charge in [0.05, 0.1) is 4.92 Å². The van der Waals surface area contributed by atoms with E-state index in [1.165, 1.54) is 28.6 Å². The third-order valence-corrected chi connectivity index (χ3v) is 5.71. The van der Waals surface area contributed by atoms with Gasteiger partial charge in [-0.25, -0.2) is 8.42 Å². The Kier molecular flexibility index (Phi) is 5.05. The predicted octanol–water partition coefficient (Wildman–Crippen LogP) is 3.58. The summed E-state index contributed by atoms with van der Waals surface area (Å²) in [5.41, 5.74) is -0.340. The summed E-state index contributed by atoms with van der Waals surface area (Å²) in [7, 11) is -4.04. The number of para-hydroxylation sites is 1. The van der Waals surface area contributed by atoms with Gasteiger partial charge in [-0.1, -0.05) is 42.5 Å². The number of rotatable bonds is 5. The van der Waals surface area contributed by atoms with Gasteiger partial charge in [0, 0.05) is 18.2 Å². The molecule has 0 heterocycles. The van der Waals surface area contributed by atoms with Crippen LogP contribution in [-0.4, -0.2) is 23.2 Å². The molecule has 0 aliphatic carbocycles. The molecule has 0 saturated heterocycles. The van der Waals surface area contributed by atoms with Crippen LogP contribution in [0.15, 0.2) is 59.5 Å². The Labute approximate surface area is 141 Å². The molecule has 0 bridgehead atoms. The third kappa shape index (κ3) is 3.80. The van der Waals surface area contributed by atoms with E-state index >= 15 is 0 Å². The van der Waals surface area contributed by atoms with E-state index in [2.05, 4.69) is 0 Å². The van der Waals surface area contributed by atoms with E-state index in [1.807, 2.05) is 30.3 Å². The Balaban J connectivity index is 2.55. The molecule has 0 aromatic heterocycles. The smallest absolute Gasteiger partial charge is 0.258 e. The zero-order chi connectivity index (χ0) is 18.0. The highest BCUT2D eigenvalue weighted by molar-refractivity contribution is 7.89. The van der Waals surface area contributed by atoms with Crippen LogP contribution in [0.25, 0.3) is 0 Å². The number of benzene rings is 2. The fraction of sp³-hybridized carbons (Fsp3) is 0.294. The lowest BCUT2D eigenvalue weighted by Crippen LogP contribution is -2.45. The molecule has 0 radical (unpaired) electrons. The third-order valence-electron chi connectivity index (χ3n) is 3.55. The molecular formula is C17H20N2O4S. The fourth-order valence-electron chi connectivity index (χ4n) is 2.38. The van der Waals surface area contributed by atoms with Crippen LogP contribution in [0.1, 0.15) is 26.3 Å². The number of sulfonamides is 1. The zero-order valence-corrected chi connectivity index (χ0v) is 14.7. The van der Waals surface area contributed by atoms with Crippen molar-refractivity contribution in [3.05, 3.63) is 70.3 Å². The molecule has 0 atom stereocenters. The number of hydrogen-bond acceptors (Lipinski definition) is 4. The number of hydrogen-bond donors (Lipinski definition) is 0. The zero-order valence-electron chi connectivity index (χ0n) is 13.8. The van der Waals surface area contributed by atoms with Gasteiger partial charge >= 0.3 is 0 Å². The summed E-state index contributed by atoms with van der Waals surface area (Å²) in [5.74, 6) is 0. The highest BCUT2D eigenvalue weighted by Crippen LogP contribution is 2.31. The number of nitrogens with zero attached hydrogens (tertiary/aromatic N) is 2. The van der Waals surface area contributed by atoms with Crippen LogP contribution in [0.4, 0.5) is 5.69 Å². The summed E-state index contributed by atoms with van der Waals surface area (Å²) >= 11 is 0. The molecule has 0 fully saturated rings. The van der Waals surface area contributed by atoms with E-state index in [0.717, 1.165) is 5.56 Å². The predicted molar refractivity (Wildman–Crippen MR) is 92.0 cm³/mol. The van der Waals surface area contributed by atoms with E-state index in [-0.39, 0.29) is 11.4 Å². The van der Waals surface area contributed by atoms with Crippen molar-refractivity contribution in [2.75, 3.05) is 0 Å². The van der Waals surface area contributed by atoms with Crippen molar-refractivity contribution in [2.24, 2.45) is 0 Å². The Morgan fingerprint density at radius 2 is 1.54 bits per heavy atom. The molecule has 0 amide bonds. The first-order chi connectivity index (χ1) is 11.1. The molecule has 2 aromatic carbocycles. The van der Waals surface area contributed by atoms with E-state index in [4.69, 9.17) is 0 Å². The van der Waals surface area contributed by atoms with Gasteiger partial charge in [-0.3, -0.25) is 10.1 Å². The Hall–Kier alpha value is -2.25. The molecule has 24 heavy (non-hydrogen) atoms. The lowest BCUT2D eigenvalue weighted by atomic mass is 10.1. The quantitative estimate of drug-likeness (QED) is 0.611. The van der Waals surface area contributed by atoms with Crippen LogP contribution in [0.5, 0.6) is 0 Å². The van der Waals surface area contributed by atoms with Crippen LogP contribution < -0.4 is 0 Å². The maximum Gasteiger partial charge on any atom is 0.289 e. The molecule has 2 aromatic rings. The molecule has 0 unspecified atom stereocenters. The van der Waals surface area contributed by atoms with E-state index in [0.29, 0.717) is 0 Å². The topological polar surface area (TPSA) is 80.5 Å². The first-order valence-corrected chi connectivity index (χ1v) is 8.88. The van der Waals surface area contributed by atoms with E-state index < -0.39 is 26.2 Å². The second-order valence-corrected chi connectivity index (χ2v) is 8.22.